The fourth-order valence-corrected chi connectivity index (χ4v) is 1.70. The molecule has 0 saturated heterocycles. The molecule has 0 N–H and O–H groups in total. The summed E-state index contributed by atoms with van der Waals surface area (Å²) in [5.74, 6) is 0. The lowest BCUT2D eigenvalue weighted by Gasteiger charge is -2.01. The van der Waals surface area contributed by atoms with Crippen molar-refractivity contribution >= 4 is 23.2 Å². The van der Waals surface area contributed by atoms with E-state index in [-0.39, 0.29) is 5.28 Å². The van der Waals surface area contributed by atoms with Crippen LogP contribution in [0.5, 0.6) is 0 Å². The van der Waals surface area contributed by atoms with Crippen molar-refractivity contribution in [1.29, 1.82) is 0 Å². The van der Waals surface area contributed by atoms with E-state index in [1.807, 2.05) is 30.3 Å². The molecule has 1 heterocycles. The van der Waals surface area contributed by atoms with Crippen molar-refractivity contribution in [3.05, 3.63) is 58.1 Å². The van der Waals surface area contributed by atoms with E-state index < -0.39 is 0 Å². The highest BCUT2D eigenvalue weighted by atomic mass is 35.5. The van der Waals surface area contributed by atoms with Gasteiger partial charge >= 0.3 is 0 Å². The fourth-order valence-electron chi connectivity index (χ4n) is 1.32. The molecule has 0 aliphatic carbocycles. The first-order valence-corrected chi connectivity index (χ1v) is 5.21. The van der Waals surface area contributed by atoms with Crippen LogP contribution in [0.2, 0.25) is 10.3 Å². The summed E-state index contributed by atoms with van der Waals surface area (Å²) in [4.78, 5) is 7.94. The van der Waals surface area contributed by atoms with E-state index >= 15 is 0 Å². The maximum Gasteiger partial charge on any atom is 0.222 e. The van der Waals surface area contributed by atoms with Gasteiger partial charge < -0.3 is 0 Å². The van der Waals surface area contributed by atoms with E-state index in [2.05, 4.69) is 9.97 Å². The van der Waals surface area contributed by atoms with Gasteiger partial charge in [0.15, 0.2) is 0 Å². The lowest BCUT2D eigenvalue weighted by molar-refractivity contribution is 1.03. The second-order valence-corrected chi connectivity index (χ2v) is 3.90. The molecule has 2 aromatic rings. The number of hydrogen-bond acceptors (Lipinski definition) is 2. The average molecular weight is 239 g/mol. The summed E-state index contributed by atoms with van der Waals surface area (Å²) in [5, 5.41) is 1.00. The summed E-state index contributed by atoms with van der Waals surface area (Å²) >= 11 is 11.6. The van der Waals surface area contributed by atoms with Gasteiger partial charge in [-0.1, -0.05) is 23.7 Å². The minimum Gasteiger partial charge on any atom is -0.227 e. The number of hydrogen-bond donors (Lipinski definition) is 0. The van der Waals surface area contributed by atoms with Gasteiger partial charge in [-0.3, -0.25) is 0 Å². The Kier molecular flexibility index (Phi) is 3.19. The Bertz CT molecular complexity index is 428. The average Bonchev–Trinajstić information content (AvgIpc) is 2.17. The van der Waals surface area contributed by atoms with Gasteiger partial charge in [-0.25, -0.2) is 9.97 Å². The summed E-state index contributed by atoms with van der Waals surface area (Å²) in [7, 11) is 0. The van der Waals surface area contributed by atoms with Gasteiger partial charge in [0.1, 0.15) is 0 Å². The molecule has 76 valence electrons. The Morgan fingerprint density at radius 3 is 2.73 bits per heavy atom. The van der Waals surface area contributed by atoms with Gasteiger partial charge in [-0.2, -0.15) is 0 Å². The number of halogens is 2. The zero-order valence-electron chi connectivity index (χ0n) is 7.82. The molecule has 0 atom stereocenters. The molecule has 0 spiro atoms. The van der Waals surface area contributed by atoms with Crippen LogP contribution in [0.1, 0.15) is 11.3 Å². The Balaban J connectivity index is 2.22. The van der Waals surface area contributed by atoms with Gasteiger partial charge in [-0.05, 0) is 35.4 Å². The molecule has 1 aromatic carbocycles. The molecule has 0 unspecified atom stereocenters. The molecule has 0 saturated carbocycles. The summed E-state index contributed by atoms with van der Waals surface area (Å²) in [5.41, 5.74) is 1.99. The molecule has 0 fully saturated rings. The normalized spacial score (nSPS) is 10.3. The predicted octanol–water partition coefficient (Wildman–Crippen LogP) is 3.37. The Labute approximate surface area is 97.9 Å². The van der Waals surface area contributed by atoms with E-state index in [4.69, 9.17) is 23.2 Å². The molecule has 15 heavy (non-hydrogen) atoms. The van der Waals surface area contributed by atoms with Crippen molar-refractivity contribution in [1.82, 2.24) is 9.97 Å². The first-order chi connectivity index (χ1) is 7.24. The lowest BCUT2D eigenvalue weighted by atomic mass is 10.1. The van der Waals surface area contributed by atoms with Crippen molar-refractivity contribution in [2.24, 2.45) is 0 Å². The van der Waals surface area contributed by atoms with Gasteiger partial charge in [-0.15, -0.1) is 0 Å². The largest absolute Gasteiger partial charge is 0.227 e. The summed E-state index contributed by atoms with van der Waals surface area (Å²) < 4.78 is 0. The molecule has 0 bridgehead atoms. The summed E-state index contributed by atoms with van der Waals surface area (Å²) in [6.45, 7) is 0. The van der Waals surface area contributed by atoms with Crippen LogP contribution in [-0.2, 0) is 6.42 Å². The fraction of sp³-hybridized carbons (Fsp3) is 0.0909. The summed E-state index contributed by atoms with van der Waals surface area (Å²) in [6.07, 6.45) is 2.36. The lowest BCUT2D eigenvalue weighted by Crippen LogP contribution is -1.93. The van der Waals surface area contributed by atoms with E-state index in [9.17, 15) is 0 Å². The van der Waals surface area contributed by atoms with Crippen molar-refractivity contribution in [2.75, 3.05) is 0 Å². The molecule has 0 amide bonds. The smallest absolute Gasteiger partial charge is 0.222 e. The molecular formula is C11H8Cl2N2. The van der Waals surface area contributed by atoms with Crippen LogP contribution < -0.4 is 0 Å². The quantitative estimate of drug-likeness (QED) is 0.751. The number of rotatable bonds is 2. The molecule has 1 aromatic heterocycles. The highest BCUT2D eigenvalue weighted by Gasteiger charge is 1.99. The van der Waals surface area contributed by atoms with Gasteiger partial charge in [0.25, 0.3) is 0 Å². The van der Waals surface area contributed by atoms with Crippen LogP contribution in [-0.4, -0.2) is 9.97 Å². The zero-order chi connectivity index (χ0) is 10.7. The topological polar surface area (TPSA) is 25.8 Å². The number of benzene rings is 1. The van der Waals surface area contributed by atoms with Crippen LogP contribution >= 0.6 is 23.2 Å². The molecule has 0 radical (unpaired) electrons. The first kappa shape index (κ1) is 10.4. The van der Waals surface area contributed by atoms with Crippen molar-refractivity contribution in [3.63, 3.8) is 0 Å². The van der Waals surface area contributed by atoms with Crippen LogP contribution in [0.25, 0.3) is 0 Å². The van der Waals surface area contributed by atoms with Gasteiger partial charge in [0, 0.05) is 23.3 Å². The second kappa shape index (κ2) is 4.60. The standard InChI is InChI=1S/C11H8Cl2N2/c12-9-3-1-2-8(6-9)7-10-4-5-14-11(13)15-10/h1-6H,7H2. The molecule has 2 rings (SSSR count). The van der Waals surface area contributed by atoms with E-state index in [1.54, 1.807) is 6.20 Å². The SMILES string of the molecule is Clc1cccc(Cc2ccnc(Cl)n2)c1. The third kappa shape index (κ3) is 2.91. The predicted molar refractivity (Wildman–Crippen MR) is 61.3 cm³/mol. The maximum atomic E-state index is 5.88. The third-order valence-electron chi connectivity index (χ3n) is 1.96. The number of aromatic nitrogens is 2. The Morgan fingerprint density at radius 2 is 2.00 bits per heavy atom. The molecule has 4 heteroatoms. The number of nitrogens with zero attached hydrogens (tertiary/aromatic N) is 2. The van der Waals surface area contributed by atoms with Gasteiger partial charge in [0.05, 0.1) is 0 Å². The van der Waals surface area contributed by atoms with Crippen molar-refractivity contribution in [2.45, 2.75) is 6.42 Å². The molecule has 0 aliphatic rings. The van der Waals surface area contributed by atoms with Crippen LogP contribution in [0.4, 0.5) is 0 Å². The zero-order valence-corrected chi connectivity index (χ0v) is 9.33. The maximum absolute atomic E-state index is 5.88. The van der Waals surface area contributed by atoms with Crippen molar-refractivity contribution in [3.8, 4) is 0 Å². The first-order valence-electron chi connectivity index (χ1n) is 4.46. The van der Waals surface area contributed by atoms with E-state index in [1.165, 1.54) is 0 Å². The molecule has 2 nitrogen and oxygen atoms in total. The van der Waals surface area contributed by atoms with E-state index in [0.717, 1.165) is 16.3 Å². The van der Waals surface area contributed by atoms with Crippen LogP contribution in [0.15, 0.2) is 36.5 Å². The third-order valence-corrected chi connectivity index (χ3v) is 2.38. The Morgan fingerprint density at radius 1 is 1.13 bits per heavy atom. The highest BCUT2D eigenvalue weighted by Crippen LogP contribution is 2.14. The van der Waals surface area contributed by atoms with Gasteiger partial charge in [0.2, 0.25) is 5.28 Å². The second-order valence-electron chi connectivity index (χ2n) is 3.12. The monoisotopic (exact) mass is 238 g/mol. The highest BCUT2D eigenvalue weighted by molar-refractivity contribution is 6.30. The van der Waals surface area contributed by atoms with Crippen LogP contribution in [0, 0.1) is 0 Å². The van der Waals surface area contributed by atoms with E-state index in [0.29, 0.717) is 6.42 Å². The van der Waals surface area contributed by atoms with Crippen LogP contribution in [0.3, 0.4) is 0 Å². The summed E-state index contributed by atoms with van der Waals surface area (Å²) in [6, 6.07) is 9.52. The minimum atomic E-state index is 0.273. The minimum absolute atomic E-state index is 0.273. The van der Waals surface area contributed by atoms with Crippen molar-refractivity contribution < 1.29 is 0 Å². The molecular weight excluding hydrogens is 231 g/mol. The molecule has 0 aliphatic heterocycles. The Hall–Kier alpha value is -1.12.